The molecule has 0 bridgehead atoms. The number of alkyl halides is 3. The minimum absolute atomic E-state index is 0. The second-order valence-corrected chi connectivity index (χ2v) is 6.23. The highest BCUT2D eigenvalue weighted by atomic mass is 35.5. The van der Waals surface area contributed by atoms with E-state index < -0.39 is 18.0 Å². The highest BCUT2D eigenvalue weighted by Gasteiger charge is 2.34. The minimum Gasteiger partial charge on any atom is -0.405 e. The van der Waals surface area contributed by atoms with Crippen LogP contribution in [0.3, 0.4) is 0 Å². The second kappa shape index (κ2) is 8.92. The van der Waals surface area contributed by atoms with Gasteiger partial charge in [-0.1, -0.05) is 6.07 Å². The third-order valence-electron chi connectivity index (χ3n) is 4.57. The lowest BCUT2D eigenvalue weighted by Crippen LogP contribution is -2.41. The van der Waals surface area contributed by atoms with Gasteiger partial charge >= 0.3 is 6.36 Å². The minimum atomic E-state index is -4.84. The number of piperidine rings is 1. The molecule has 2 aliphatic heterocycles. The van der Waals surface area contributed by atoms with Gasteiger partial charge in [0.05, 0.1) is 18.8 Å². The van der Waals surface area contributed by atoms with Crippen LogP contribution < -0.4 is 10.1 Å². The first kappa shape index (κ1) is 20.8. The first-order valence-corrected chi connectivity index (χ1v) is 8.41. The van der Waals surface area contributed by atoms with Gasteiger partial charge in [0.15, 0.2) is 0 Å². The van der Waals surface area contributed by atoms with Gasteiger partial charge in [-0.05, 0) is 49.5 Å². The van der Waals surface area contributed by atoms with E-state index in [-0.39, 0.29) is 23.9 Å². The van der Waals surface area contributed by atoms with Crippen LogP contribution in [0.2, 0.25) is 0 Å². The molecule has 9 heteroatoms. The van der Waals surface area contributed by atoms with Gasteiger partial charge in [-0.3, -0.25) is 4.79 Å². The number of morpholine rings is 1. The normalized spacial score (nSPS) is 19.0. The van der Waals surface area contributed by atoms with E-state index in [1.807, 2.05) is 0 Å². The highest BCUT2D eigenvalue weighted by molar-refractivity contribution is 5.97. The van der Waals surface area contributed by atoms with E-state index in [2.05, 4.69) is 10.1 Å². The maximum absolute atomic E-state index is 12.8. The second-order valence-electron chi connectivity index (χ2n) is 6.23. The van der Waals surface area contributed by atoms with Crippen LogP contribution in [0.1, 0.15) is 34.7 Å². The molecule has 5 nitrogen and oxygen atoms in total. The molecular formula is C17H22ClF3N2O3. The molecule has 2 aliphatic rings. The van der Waals surface area contributed by atoms with Crippen molar-refractivity contribution in [3.63, 3.8) is 0 Å². The number of nitrogens with one attached hydrogen (secondary N) is 1. The molecule has 2 saturated heterocycles. The molecule has 0 saturated carbocycles. The van der Waals surface area contributed by atoms with Crippen LogP contribution in [0.5, 0.6) is 5.75 Å². The molecule has 2 heterocycles. The number of hydrogen-bond donors (Lipinski definition) is 1. The van der Waals surface area contributed by atoms with Crippen LogP contribution in [-0.4, -0.2) is 56.6 Å². The summed E-state index contributed by atoms with van der Waals surface area (Å²) >= 11 is 0. The van der Waals surface area contributed by atoms with Gasteiger partial charge in [0.25, 0.3) is 5.91 Å². The van der Waals surface area contributed by atoms with E-state index in [0.717, 1.165) is 31.5 Å². The van der Waals surface area contributed by atoms with Gasteiger partial charge in [-0.2, -0.15) is 0 Å². The van der Waals surface area contributed by atoms with Crippen molar-refractivity contribution in [1.29, 1.82) is 0 Å². The maximum atomic E-state index is 12.8. The molecule has 0 unspecified atom stereocenters. The fourth-order valence-corrected chi connectivity index (χ4v) is 3.27. The Kier molecular flexibility index (Phi) is 7.14. The Morgan fingerprint density at radius 3 is 2.46 bits per heavy atom. The number of carbonyl (C=O) groups is 1. The Hall–Kier alpha value is -1.51. The molecule has 0 atom stereocenters. The molecule has 1 aromatic rings. The quantitative estimate of drug-likeness (QED) is 0.856. The molecule has 1 aromatic carbocycles. The van der Waals surface area contributed by atoms with Crippen LogP contribution in [0.4, 0.5) is 13.2 Å². The van der Waals surface area contributed by atoms with E-state index in [1.165, 1.54) is 17.0 Å². The zero-order chi connectivity index (χ0) is 17.9. The fourth-order valence-electron chi connectivity index (χ4n) is 3.27. The number of rotatable bonds is 3. The summed E-state index contributed by atoms with van der Waals surface area (Å²) in [5.41, 5.74) is 0.719. The van der Waals surface area contributed by atoms with E-state index in [9.17, 15) is 18.0 Å². The van der Waals surface area contributed by atoms with Crippen molar-refractivity contribution < 1.29 is 27.4 Å². The first-order chi connectivity index (χ1) is 11.9. The number of ether oxygens (including phenoxy) is 2. The van der Waals surface area contributed by atoms with Crippen LogP contribution in [0, 0.1) is 0 Å². The molecule has 0 aromatic heterocycles. The molecular weight excluding hydrogens is 373 g/mol. The van der Waals surface area contributed by atoms with Gasteiger partial charge in [0.1, 0.15) is 5.75 Å². The van der Waals surface area contributed by atoms with Crippen molar-refractivity contribution in [3.8, 4) is 5.75 Å². The van der Waals surface area contributed by atoms with Crippen molar-refractivity contribution in [3.05, 3.63) is 29.3 Å². The lowest BCUT2D eigenvalue weighted by molar-refractivity contribution is -0.274. The van der Waals surface area contributed by atoms with Gasteiger partial charge < -0.3 is 19.7 Å². The summed E-state index contributed by atoms with van der Waals surface area (Å²) in [6.45, 7) is 3.15. The van der Waals surface area contributed by atoms with Crippen molar-refractivity contribution in [1.82, 2.24) is 10.2 Å². The smallest absolute Gasteiger partial charge is 0.405 e. The maximum Gasteiger partial charge on any atom is 0.573 e. The molecule has 1 N–H and O–H groups in total. The summed E-state index contributed by atoms with van der Waals surface area (Å²) in [6, 6.07) is 4.57. The fraction of sp³-hybridized carbons (Fsp3) is 0.588. The Morgan fingerprint density at radius 2 is 1.85 bits per heavy atom. The van der Waals surface area contributed by atoms with Crippen LogP contribution in [-0.2, 0) is 4.74 Å². The average molecular weight is 395 g/mol. The number of carbonyl (C=O) groups excluding carboxylic acids is 1. The predicted molar refractivity (Wildman–Crippen MR) is 91.9 cm³/mol. The molecule has 0 radical (unpaired) electrons. The SMILES string of the molecule is Cl.O=C(c1ccc(C2CCNCC2)cc1OC(F)(F)F)N1CCOCC1. The van der Waals surface area contributed by atoms with E-state index in [4.69, 9.17) is 4.74 Å². The Labute approximate surface area is 156 Å². The third-order valence-corrected chi connectivity index (χ3v) is 4.57. The molecule has 2 fully saturated rings. The van der Waals surface area contributed by atoms with E-state index in [1.54, 1.807) is 6.07 Å². The number of amides is 1. The molecule has 26 heavy (non-hydrogen) atoms. The summed E-state index contributed by atoms with van der Waals surface area (Å²) < 4.78 is 47.8. The first-order valence-electron chi connectivity index (χ1n) is 8.41. The lowest BCUT2D eigenvalue weighted by Gasteiger charge is -2.28. The van der Waals surface area contributed by atoms with Crippen LogP contribution in [0.25, 0.3) is 0 Å². The van der Waals surface area contributed by atoms with Gasteiger partial charge in [0, 0.05) is 13.1 Å². The van der Waals surface area contributed by atoms with Crippen molar-refractivity contribution in [2.75, 3.05) is 39.4 Å². The van der Waals surface area contributed by atoms with Gasteiger partial charge in [-0.25, -0.2) is 0 Å². The highest BCUT2D eigenvalue weighted by Crippen LogP contribution is 2.33. The zero-order valence-corrected chi connectivity index (χ0v) is 15.0. The predicted octanol–water partition coefficient (Wildman–Crippen LogP) is 2.95. The Bertz CT molecular complexity index is 616. The number of benzene rings is 1. The zero-order valence-electron chi connectivity index (χ0n) is 14.2. The van der Waals surface area contributed by atoms with Crippen LogP contribution >= 0.6 is 12.4 Å². The molecule has 1 amide bonds. The number of nitrogens with zero attached hydrogens (tertiary/aromatic N) is 1. The molecule has 0 aliphatic carbocycles. The van der Waals surface area contributed by atoms with Crippen molar-refractivity contribution in [2.45, 2.75) is 25.1 Å². The van der Waals surface area contributed by atoms with Crippen LogP contribution in [0.15, 0.2) is 18.2 Å². The summed E-state index contributed by atoms with van der Waals surface area (Å²) in [4.78, 5) is 14.1. The standard InChI is InChI=1S/C17H21F3N2O3.ClH/c18-17(19,20)25-15-11-13(12-3-5-21-6-4-12)1-2-14(15)16(23)22-7-9-24-10-8-22;/h1-2,11-12,21H,3-10H2;1H. The van der Waals surface area contributed by atoms with Crippen molar-refractivity contribution in [2.24, 2.45) is 0 Å². The summed E-state index contributed by atoms with van der Waals surface area (Å²) in [5.74, 6) is -0.705. The largest absolute Gasteiger partial charge is 0.573 e. The van der Waals surface area contributed by atoms with Crippen molar-refractivity contribution >= 4 is 18.3 Å². The lowest BCUT2D eigenvalue weighted by atomic mass is 9.89. The van der Waals surface area contributed by atoms with Gasteiger partial charge in [0.2, 0.25) is 0 Å². The molecule has 0 spiro atoms. The van der Waals surface area contributed by atoms with Gasteiger partial charge in [-0.15, -0.1) is 25.6 Å². The monoisotopic (exact) mass is 394 g/mol. The third kappa shape index (κ3) is 5.25. The Morgan fingerprint density at radius 1 is 1.19 bits per heavy atom. The summed E-state index contributed by atoms with van der Waals surface area (Å²) in [7, 11) is 0. The van der Waals surface area contributed by atoms with E-state index in [0.29, 0.717) is 26.3 Å². The van der Waals surface area contributed by atoms with E-state index >= 15 is 0 Å². The average Bonchev–Trinajstić information content (AvgIpc) is 2.61. The number of hydrogen-bond acceptors (Lipinski definition) is 4. The Balaban J connectivity index is 0.00000243. The summed E-state index contributed by atoms with van der Waals surface area (Å²) in [5, 5.41) is 3.23. The molecule has 146 valence electrons. The summed E-state index contributed by atoms with van der Waals surface area (Å²) in [6.07, 6.45) is -3.14. The molecule has 3 rings (SSSR count). The number of halogens is 4. The topological polar surface area (TPSA) is 50.8 Å².